The number of hydrogen-bond acceptors (Lipinski definition) is 4. The molecule has 0 N–H and O–H groups in total. The van der Waals surface area contributed by atoms with E-state index in [1.807, 2.05) is 35.2 Å². The summed E-state index contributed by atoms with van der Waals surface area (Å²) < 4.78 is 23.9. The van der Waals surface area contributed by atoms with Crippen molar-refractivity contribution >= 4 is 38.1 Å². The number of thiocarbonyl (C=S) groups is 1. The molecule has 2 aliphatic heterocycles. The molecule has 1 unspecified atom stereocenters. The quantitative estimate of drug-likeness (QED) is 0.782. The molecule has 94 valence electrons. The monoisotopic (exact) mass is 297 g/mol. The van der Waals surface area contributed by atoms with Gasteiger partial charge in [-0.3, -0.25) is 0 Å². The maximum Gasteiger partial charge on any atom is 0.174 e. The first-order chi connectivity index (χ1) is 8.55. The Morgan fingerprint density at radius 3 is 2.78 bits per heavy atom. The van der Waals surface area contributed by atoms with Crippen LogP contribution in [0.5, 0.6) is 0 Å². The normalized spacial score (nSPS) is 25.1. The van der Waals surface area contributed by atoms with Crippen molar-refractivity contribution in [3.63, 3.8) is 0 Å². The minimum Gasteiger partial charge on any atom is -0.325 e. The maximum atomic E-state index is 11.6. The van der Waals surface area contributed by atoms with Crippen molar-refractivity contribution in [1.29, 1.82) is 0 Å². The van der Waals surface area contributed by atoms with Gasteiger partial charge >= 0.3 is 0 Å². The Kier molecular flexibility index (Phi) is 2.96. The van der Waals surface area contributed by atoms with Gasteiger partial charge in [0.05, 0.1) is 16.4 Å². The molecule has 0 amide bonds. The van der Waals surface area contributed by atoms with E-state index < -0.39 is 9.84 Å². The molecule has 0 spiro atoms. The van der Waals surface area contributed by atoms with E-state index in [1.54, 1.807) is 0 Å². The molecule has 1 aromatic rings. The Hall–Kier alpha value is -0.850. The Balaban J connectivity index is 1.90. The van der Waals surface area contributed by atoms with Gasteiger partial charge in [-0.25, -0.2) is 8.42 Å². The van der Waals surface area contributed by atoms with Gasteiger partial charge in [-0.05, 0) is 5.56 Å². The molecule has 1 atom stereocenters. The predicted octanol–water partition coefficient (Wildman–Crippen LogP) is 2.16. The first kappa shape index (κ1) is 12.2. The highest BCUT2D eigenvalue weighted by molar-refractivity contribution is 8.24. The highest BCUT2D eigenvalue weighted by atomic mass is 32.2. The summed E-state index contributed by atoms with van der Waals surface area (Å²) in [5, 5.41) is 1.37. The number of nitrogens with zero attached hydrogens (tertiary/aromatic N) is 1. The number of hydrogen-bond donors (Lipinski definition) is 0. The average molecular weight is 297 g/mol. The van der Waals surface area contributed by atoms with E-state index in [1.165, 1.54) is 17.2 Å². The lowest BCUT2D eigenvalue weighted by atomic mass is 10.2. The van der Waals surface area contributed by atoms with Crippen molar-refractivity contribution in [3.05, 3.63) is 47.0 Å². The van der Waals surface area contributed by atoms with Crippen LogP contribution in [0.1, 0.15) is 5.56 Å². The molecule has 2 aliphatic rings. The Labute approximate surface area is 116 Å². The molecule has 3 nitrogen and oxygen atoms in total. The lowest BCUT2D eigenvalue weighted by Gasteiger charge is -2.18. The molecule has 1 aromatic carbocycles. The van der Waals surface area contributed by atoms with Crippen LogP contribution in [-0.4, -0.2) is 28.6 Å². The SMILES string of the molecule is O=S1(=O)C=C2C(C1)SC(=S)N2Cc1ccccc1. The second kappa shape index (κ2) is 4.36. The fourth-order valence-corrected chi connectivity index (χ4v) is 5.80. The van der Waals surface area contributed by atoms with E-state index in [9.17, 15) is 8.42 Å². The summed E-state index contributed by atoms with van der Waals surface area (Å²) in [6, 6.07) is 9.94. The van der Waals surface area contributed by atoms with Crippen molar-refractivity contribution in [2.45, 2.75) is 11.8 Å². The van der Waals surface area contributed by atoms with Crippen LogP contribution in [0.4, 0.5) is 0 Å². The van der Waals surface area contributed by atoms with Crippen LogP contribution in [-0.2, 0) is 16.4 Å². The third kappa shape index (κ3) is 2.20. The third-order valence-electron chi connectivity index (χ3n) is 2.97. The number of thioether (sulfide) groups is 1. The van der Waals surface area contributed by atoms with Gasteiger partial charge in [0.15, 0.2) is 9.84 Å². The summed E-state index contributed by atoms with van der Waals surface area (Å²) in [5.41, 5.74) is 1.97. The number of fused-ring (bicyclic) bond motifs is 1. The maximum absolute atomic E-state index is 11.6. The highest BCUT2D eigenvalue weighted by Gasteiger charge is 2.41. The van der Waals surface area contributed by atoms with E-state index in [2.05, 4.69) is 0 Å². The molecular formula is C12H11NO2S3. The highest BCUT2D eigenvalue weighted by Crippen LogP contribution is 2.40. The van der Waals surface area contributed by atoms with E-state index in [0.717, 1.165) is 15.6 Å². The molecule has 18 heavy (non-hydrogen) atoms. The van der Waals surface area contributed by atoms with Crippen molar-refractivity contribution in [3.8, 4) is 0 Å². The summed E-state index contributed by atoms with van der Waals surface area (Å²) in [5.74, 6) is 0.179. The predicted molar refractivity (Wildman–Crippen MR) is 77.8 cm³/mol. The Bertz CT molecular complexity index is 622. The Morgan fingerprint density at radius 2 is 2.06 bits per heavy atom. The lowest BCUT2D eigenvalue weighted by molar-refractivity contribution is 0.526. The van der Waals surface area contributed by atoms with Crippen molar-refractivity contribution in [2.24, 2.45) is 0 Å². The van der Waals surface area contributed by atoms with Crippen LogP contribution in [0, 0.1) is 0 Å². The number of sulfone groups is 1. The molecule has 1 saturated heterocycles. The second-order valence-corrected chi connectivity index (χ2v) is 8.05. The first-order valence-electron chi connectivity index (χ1n) is 5.51. The van der Waals surface area contributed by atoms with Crippen LogP contribution >= 0.6 is 24.0 Å². The molecule has 0 radical (unpaired) electrons. The fraction of sp³-hybridized carbons (Fsp3) is 0.250. The van der Waals surface area contributed by atoms with Crippen molar-refractivity contribution in [2.75, 3.05) is 5.75 Å². The summed E-state index contributed by atoms with van der Waals surface area (Å²) in [6.07, 6.45) is 0. The minimum absolute atomic E-state index is 0.00814. The average Bonchev–Trinajstić information content (AvgIpc) is 2.74. The van der Waals surface area contributed by atoms with Crippen LogP contribution < -0.4 is 0 Å². The minimum atomic E-state index is -3.04. The number of benzene rings is 1. The lowest BCUT2D eigenvalue weighted by Crippen LogP contribution is -2.21. The summed E-state index contributed by atoms with van der Waals surface area (Å²) in [4.78, 5) is 1.94. The molecule has 0 aliphatic carbocycles. The van der Waals surface area contributed by atoms with Crippen LogP contribution in [0.25, 0.3) is 0 Å². The van der Waals surface area contributed by atoms with Crippen molar-refractivity contribution in [1.82, 2.24) is 4.90 Å². The fourth-order valence-electron chi connectivity index (χ4n) is 2.15. The topological polar surface area (TPSA) is 37.4 Å². The molecule has 3 rings (SSSR count). The van der Waals surface area contributed by atoms with Crippen molar-refractivity contribution < 1.29 is 8.42 Å². The molecule has 2 heterocycles. The summed E-state index contributed by atoms with van der Waals surface area (Å²) >= 11 is 6.80. The zero-order valence-corrected chi connectivity index (χ0v) is 11.9. The largest absolute Gasteiger partial charge is 0.325 e. The first-order valence-corrected chi connectivity index (χ1v) is 8.52. The number of rotatable bonds is 2. The van der Waals surface area contributed by atoms with E-state index >= 15 is 0 Å². The van der Waals surface area contributed by atoms with E-state index in [4.69, 9.17) is 12.2 Å². The third-order valence-corrected chi connectivity index (χ3v) is 6.21. The van der Waals surface area contributed by atoms with Crippen LogP contribution in [0.3, 0.4) is 0 Å². The second-order valence-electron chi connectivity index (χ2n) is 4.32. The summed E-state index contributed by atoms with van der Waals surface area (Å²) in [6.45, 7) is 0.643. The zero-order chi connectivity index (χ0) is 12.8. The van der Waals surface area contributed by atoms with Gasteiger partial charge in [0.25, 0.3) is 0 Å². The van der Waals surface area contributed by atoms with Gasteiger partial charge < -0.3 is 4.90 Å². The smallest absolute Gasteiger partial charge is 0.174 e. The molecule has 0 saturated carbocycles. The molecule has 6 heteroatoms. The van der Waals surface area contributed by atoms with Crippen LogP contribution in [0.15, 0.2) is 41.4 Å². The van der Waals surface area contributed by atoms with Crippen LogP contribution in [0.2, 0.25) is 0 Å². The van der Waals surface area contributed by atoms with Gasteiger partial charge in [-0.2, -0.15) is 0 Å². The Morgan fingerprint density at radius 1 is 1.33 bits per heavy atom. The van der Waals surface area contributed by atoms with E-state index in [0.29, 0.717) is 6.54 Å². The van der Waals surface area contributed by atoms with Gasteiger partial charge in [-0.15, -0.1) is 0 Å². The molecular weight excluding hydrogens is 286 g/mol. The van der Waals surface area contributed by atoms with Gasteiger partial charge in [-0.1, -0.05) is 54.3 Å². The molecule has 1 fully saturated rings. The van der Waals surface area contributed by atoms with E-state index in [-0.39, 0.29) is 11.0 Å². The standard InChI is InChI=1S/C12H11NO2S3/c14-18(15)7-10-11(8-18)17-12(16)13(10)6-9-4-2-1-3-5-9/h1-5,7,11H,6,8H2. The van der Waals surface area contributed by atoms with Gasteiger partial charge in [0.1, 0.15) is 4.32 Å². The summed E-state index contributed by atoms with van der Waals surface area (Å²) in [7, 11) is -3.04. The zero-order valence-electron chi connectivity index (χ0n) is 9.44. The van der Waals surface area contributed by atoms with Gasteiger partial charge in [0.2, 0.25) is 0 Å². The molecule has 0 bridgehead atoms. The van der Waals surface area contributed by atoms with Gasteiger partial charge in [0, 0.05) is 12.2 Å². The molecule has 0 aromatic heterocycles.